The van der Waals surface area contributed by atoms with E-state index in [1.165, 1.54) is 7.11 Å². The summed E-state index contributed by atoms with van der Waals surface area (Å²) in [5.74, 6) is -0.554. The smallest absolute Gasteiger partial charge is 0.327 e. The third-order valence-electron chi connectivity index (χ3n) is 6.48. The molecule has 0 bridgehead atoms. The third-order valence-corrected chi connectivity index (χ3v) is 6.82. The molecule has 2 atom stereocenters. The van der Waals surface area contributed by atoms with Crippen molar-refractivity contribution in [1.82, 2.24) is 9.80 Å². The quantitative estimate of drug-likeness (QED) is 0.657. The van der Waals surface area contributed by atoms with Crippen LogP contribution < -0.4 is 5.32 Å². The molecule has 0 spiro atoms. The minimum absolute atomic E-state index is 0.0213. The van der Waals surface area contributed by atoms with Crippen molar-refractivity contribution in [3.8, 4) is 0 Å². The highest BCUT2D eigenvalue weighted by Crippen LogP contribution is 2.30. The average Bonchev–Trinajstić information content (AvgIpc) is 2.84. The number of hydrogen-bond acceptors (Lipinski definition) is 5. The number of ether oxygens (including phenoxy) is 1. The summed E-state index contributed by atoms with van der Waals surface area (Å²) in [6.45, 7) is 2.09. The van der Waals surface area contributed by atoms with E-state index in [2.05, 4.69) is 5.32 Å². The molecule has 2 amide bonds. The van der Waals surface area contributed by atoms with E-state index in [4.69, 9.17) is 16.3 Å². The molecule has 0 aliphatic carbocycles. The number of amides is 2. The fourth-order valence-corrected chi connectivity index (χ4v) is 4.85. The standard InChI is InChI=1S/C25H28ClN3O4/c1-33-25(32)23(19-7-3-4-8-20(19)26)29-14-12-28(13-15-29)22(30)11-10-18-16-17-6-2-5-9-21(17)27-24(18)31/h2-9,18,23H,10-16H2,1H3,(H,27,31)/t18-,23-/m0/s1. The Bertz CT molecular complexity index is 1040. The number of nitrogens with one attached hydrogen (secondary N) is 1. The third kappa shape index (κ3) is 5.20. The van der Waals surface area contributed by atoms with E-state index in [9.17, 15) is 14.4 Å². The van der Waals surface area contributed by atoms with Crippen molar-refractivity contribution >= 4 is 35.1 Å². The van der Waals surface area contributed by atoms with Crippen molar-refractivity contribution < 1.29 is 19.1 Å². The molecule has 8 heteroatoms. The zero-order valence-corrected chi connectivity index (χ0v) is 19.4. The molecule has 4 rings (SSSR count). The maximum atomic E-state index is 12.8. The van der Waals surface area contributed by atoms with E-state index < -0.39 is 6.04 Å². The summed E-state index contributed by atoms with van der Waals surface area (Å²) in [5.41, 5.74) is 2.67. The number of piperazine rings is 1. The molecule has 2 aliphatic rings. The van der Waals surface area contributed by atoms with E-state index in [0.29, 0.717) is 56.0 Å². The van der Waals surface area contributed by atoms with Crippen LogP contribution in [0.1, 0.15) is 30.0 Å². The summed E-state index contributed by atoms with van der Waals surface area (Å²) >= 11 is 6.35. The first-order valence-corrected chi connectivity index (χ1v) is 11.6. The van der Waals surface area contributed by atoms with Crippen molar-refractivity contribution in [3.63, 3.8) is 0 Å². The van der Waals surface area contributed by atoms with E-state index >= 15 is 0 Å². The highest BCUT2D eigenvalue weighted by molar-refractivity contribution is 6.31. The van der Waals surface area contributed by atoms with Crippen molar-refractivity contribution in [2.24, 2.45) is 5.92 Å². The molecule has 1 fully saturated rings. The Balaban J connectivity index is 1.33. The van der Waals surface area contributed by atoms with Crippen LogP contribution >= 0.6 is 11.6 Å². The molecule has 33 heavy (non-hydrogen) atoms. The van der Waals surface area contributed by atoms with Crippen LogP contribution in [0.3, 0.4) is 0 Å². The maximum Gasteiger partial charge on any atom is 0.327 e. The molecule has 0 saturated carbocycles. The maximum absolute atomic E-state index is 12.8. The Hall–Kier alpha value is -2.90. The number of fused-ring (bicyclic) bond motifs is 1. The number of halogens is 1. The molecule has 2 heterocycles. The number of para-hydroxylation sites is 1. The largest absolute Gasteiger partial charge is 0.468 e. The van der Waals surface area contributed by atoms with Gasteiger partial charge in [0.2, 0.25) is 11.8 Å². The van der Waals surface area contributed by atoms with Gasteiger partial charge in [-0.25, -0.2) is 4.79 Å². The van der Waals surface area contributed by atoms with Gasteiger partial charge in [-0.15, -0.1) is 0 Å². The normalized spacial score (nSPS) is 19.4. The Labute approximate surface area is 198 Å². The molecule has 0 radical (unpaired) electrons. The Kier molecular flexibility index (Phi) is 7.30. The van der Waals surface area contributed by atoms with Crippen molar-refractivity contribution in [3.05, 3.63) is 64.7 Å². The Morgan fingerprint density at radius 1 is 1.09 bits per heavy atom. The Morgan fingerprint density at radius 3 is 2.52 bits per heavy atom. The van der Waals surface area contributed by atoms with Gasteiger partial charge in [-0.2, -0.15) is 0 Å². The zero-order valence-electron chi connectivity index (χ0n) is 18.6. The molecule has 0 aromatic heterocycles. The number of anilines is 1. The SMILES string of the molecule is COC(=O)[C@H](c1ccccc1Cl)N1CCN(C(=O)CC[C@H]2Cc3ccccc3NC2=O)CC1. The van der Waals surface area contributed by atoms with Crippen LogP contribution in [0.25, 0.3) is 0 Å². The summed E-state index contributed by atoms with van der Waals surface area (Å²) < 4.78 is 5.03. The van der Waals surface area contributed by atoms with E-state index in [0.717, 1.165) is 11.3 Å². The lowest BCUT2D eigenvalue weighted by Gasteiger charge is -2.38. The number of rotatable bonds is 6. The first-order valence-electron chi connectivity index (χ1n) is 11.2. The van der Waals surface area contributed by atoms with Crippen LogP contribution in [-0.2, 0) is 25.5 Å². The lowest BCUT2D eigenvalue weighted by Crippen LogP contribution is -2.51. The van der Waals surface area contributed by atoms with E-state index in [1.807, 2.05) is 52.3 Å². The van der Waals surface area contributed by atoms with E-state index in [1.54, 1.807) is 6.07 Å². The van der Waals surface area contributed by atoms with Gasteiger partial charge in [-0.1, -0.05) is 48.0 Å². The predicted molar refractivity (Wildman–Crippen MR) is 126 cm³/mol. The highest BCUT2D eigenvalue weighted by Gasteiger charge is 2.34. The average molecular weight is 470 g/mol. The minimum atomic E-state index is -0.605. The van der Waals surface area contributed by atoms with Gasteiger partial charge in [-0.3, -0.25) is 14.5 Å². The molecule has 1 N–H and O–H groups in total. The molecule has 7 nitrogen and oxygen atoms in total. The summed E-state index contributed by atoms with van der Waals surface area (Å²) in [6.07, 6.45) is 1.50. The van der Waals surface area contributed by atoms with Crippen LogP contribution in [0.5, 0.6) is 0 Å². The second-order valence-corrected chi connectivity index (χ2v) is 8.86. The topological polar surface area (TPSA) is 79.0 Å². The number of benzene rings is 2. The second-order valence-electron chi connectivity index (χ2n) is 8.45. The second kappa shape index (κ2) is 10.4. The molecule has 2 aromatic rings. The van der Waals surface area contributed by atoms with Gasteiger partial charge in [-0.05, 0) is 36.1 Å². The van der Waals surface area contributed by atoms with Crippen molar-refractivity contribution in [1.29, 1.82) is 0 Å². The van der Waals surface area contributed by atoms with Gasteiger partial charge in [0, 0.05) is 49.2 Å². The van der Waals surface area contributed by atoms with Gasteiger partial charge >= 0.3 is 5.97 Å². The van der Waals surface area contributed by atoms with Crippen molar-refractivity contribution in [2.75, 3.05) is 38.6 Å². The molecule has 2 aromatic carbocycles. The minimum Gasteiger partial charge on any atom is -0.468 e. The number of carbonyl (C=O) groups excluding carboxylic acids is 3. The van der Waals surface area contributed by atoms with Crippen LogP contribution in [0.2, 0.25) is 5.02 Å². The molecule has 174 valence electrons. The summed E-state index contributed by atoms with van der Waals surface area (Å²) in [4.78, 5) is 41.6. The zero-order chi connectivity index (χ0) is 23.4. The van der Waals surface area contributed by atoms with Crippen LogP contribution in [0, 0.1) is 5.92 Å². The molecular weight excluding hydrogens is 442 g/mol. The first kappa shape index (κ1) is 23.3. The predicted octanol–water partition coefficient (Wildman–Crippen LogP) is 3.29. The summed E-state index contributed by atoms with van der Waals surface area (Å²) in [7, 11) is 1.37. The Morgan fingerprint density at radius 2 is 1.79 bits per heavy atom. The fourth-order valence-electron chi connectivity index (χ4n) is 4.61. The van der Waals surface area contributed by atoms with Crippen LogP contribution in [-0.4, -0.2) is 60.9 Å². The number of esters is 1. The number of hydrogen-bond donors (Lipinski definition) is 1. The number of methoxy groups -OCH3 is 1. The van der Waals surface area contributed by atoms with Gasteiger partial charge in [0.25, 0.3) is 0 Å². The molecule has 2 aliphatic heterocycles. The highest BCUT2D eigenvalue weighted by atomic mass is 35.5. The molecular formula is C25H28ClN3O4. The summed E-state index contributed by atoms with van der Waals surface area (Å²) in [5, 5.41) is 3.46. The van der Waals surface area contributed by atoms with Crippen LogP contribution in [0.15, 0.2) is 48.5 Å². The lowest BCUT2D eigenvalue weighted by molar-refractivity contribution is -0.148. The van der Waals surface area contributed by atoms with Gasteiger partial charge < -0.3 is 15.0 Å². The molecule has 0 unspecified atom stereocenters. The monoisotopic (exact) mass is 469 g/mol. The fraction of sp³-hybridized carbons (Fsp3) is 0.400. The first-order chi connectivity index (χ1) is 16.0. The van der Waals surface area contributed by atoms with Crippen LogP contribution in [0.4, 0.5) is 5.69 Å². The van der Waals surface area contributed by atoms with Gasteiger partial charge in [0.1, 0.15) is 6.04 Å². The summed E-state index contributed by atoms with van der Waals surface area (Å²) in [6, 6.07) is 14.4. The number of carbonyl (C=O) groups is 3. The van der Waals surface area contributed by atoms with Crippen molar-refractivity contribution in [2.45, 2.75) is 25.3 Å². The lowest BCUT2D eigenvalue weighted by atomic mass is 9.89. The van der Waals surface area contributed by atoms with Gasteiger partial charge in [0.05, 0.1) is 7.11 Å². The van der Waals surface area contributed by atoms with E-state index in [-0.39, 0.29) is 23.7 Å². The molecule has 1 saturated heterocycles. The number of nitrogens with zero attached hydrogens (tertiary/aromatic N) is 2. The van der Waals surface area contributed by atoms with Gasteiger partial charge in [0.15, 0.2) is 0 Å².